The lowest BCUT2D eigenvalue weighted by atomic mass is 10.0. The second-order valence-corrected chi connectivity index (χ2v) is 10.2. The summed E-state index contributed by atoms with van der Waals surface area (Å²) in [6, 6.07) is 8.48. The highest BCUT2D eigenvalue weighted by Gasteiger charge is 2.21. The van der Waals surface area contributed by atoms with Crippen molar-refractivity contribution in [2.45, 2.75) is 51.6 Å². The van der Waals surface area contributed by atoms with E-state index in [9.17, 15) is 8.42 Å². The van der Waals surface area contributed by atoms with Gasteiger partial charge in [0.25, 0.3) is 0 Å². The molecule has 0 aliphatic carbocycles. The predicted octanol–water partition coefficient (Wildman–Crippen LogP) is 3.86. The van der Waals surface area contributed by atoms with Crippen LogP contribution in [0.25, 0.3) is 10.9 Å². The Kier molecular flexibility index (Phi) is 7.30. The van der Waals surface area contributed by atoms with Gasteiger partial charge < -0.3 is 9.64 Å². The Balaban J connectivity index is 1.60. The Hall–Kier alpha value is -1.66. The summed E-state index contributed by atoms with van der Waals surface area (Å²) in [5.74, 6) is 1.17. The summed E-state index contributed by atoms with van der Waals surface area (Å²) < 4.78 is 29.0. The number of piperidine rings is 1. The van der Waals surface area contributed by atoms with Gasteiger partial charge in [-0.15, -0.1) is 0 Å². The van der Waals surface area contributed by atoms with Crippen LogP contribution < -0.4 is 4.74 Å². The molecule has 1 aromatic carbocycles. The number of unbranched alkanes of at least 4 members (excludes halogenated alkanes) is 1. The van der Waals surface area contributed by atoms with Gasteiger partial charge in [-0.05, 0) is 62.4 Å². The van der Waals surface area contributed by atoms with Crippen molar-refractivity contribution in [3.63, 3.8) is 0 Å². The zero-order valence-corrected chi connectivity index (χ0v) is 17.9. The number of benzene rings is 1. The third-order valence-electron chi connectivity index (χ3n) is 5.37. The Morgan fingerprint density at radius 1 is 1.21 bits per heavy atom. The molecule has 5 nitrogen and oxygen atoms in total. The highest BCUT2D eigenvalue weighted by molar-refractivity contribution is 7.90. The molecule has 1 aliphatic heterocycles. The number of hydrogen-bond acceptors (Lipinski definition) is 5. The molecule has 1 fully saturated rings. The Labute approximate surface area is 169 Å². The van der Waals surface area contributed by atoms with Crippen LogP contribution in [0.4, 0.5) is 0 Å². The van der Waals surface area contributed by atoms with E-state index in [-0.39, 0.29) is 11.9 Å². The molecule has 1 saturated heterocycles. The second kappa shape index (κ2) is 9.70. The van der Waals surface area contributed by atoms with Gasteiger partial charge in [-0.1, -0.05) is 19.4 Å². The van der Waals surface area contributed by atoms with Crippen LogP contribution in [0.1, 0.15) is 44.6 Å². The summed E-state index contributed by atoms with van der Waals surface area (Å²) in [6.07, 6.45) is 9.38. The van der Waals surface area contributed by atoms with Crippen LogP contribution in [0.2, 0.25) is 0 Å². The third-order valence-corrected chi connectivity index (χ3v) is 6.40. The van der Waals surface area contributed by atoms with Crippen molar-refractivity contribution >= 4 is 20.7 Å². The van der Waals surface area contributed by atoms with Gasteiger partial charge in [0.2, 0.25) is 0 Å². The third kappa shape index (κ3) is 6.17. The molecule has 0 bridgehead atoms. The summed E-state index contributed by atoms with van der Waals surface area (Å²) in [5.41, 5.74) is 2.26. The van der Waals surface area contributed by atoms with E-state index < -0.39 is 9.84 Å². The van der Waals surface area contributed by atoms with Gasteiger partial charge in [-0.2, -0.15) is 0 Å². The van der Waals surface area contributed by atoms with Crippen LogP contribution in [0.3, 0.4) is 0 Å². The fraction of sp³-hybridized carbons (Fsp3) is 0.591. The average molecular weight is 405 g/mol. The lowest BCUT2D eigenvalue weighted by Crippen LogP contribution is -2.39. The molecule has 0 atom stereocenters. The highest BCUT2D eigenvalue weighted by atomic mass is 32.2. The van der Waals surface area contributed by atoms with Crippen LogP contribution in [-0.2, 0) is 16.3 Å². The van der Waals surface area contributed by atoms with Gasteiger partial charge in [-0.3, -0.25) is 4.98 Å². The first-order chi connectivity index (χ1) is 13.4. The molecule has 1 aromatic heterocycles. The number of nitrogens with zero attached hydrogens (tertiary/aromatic N) is 2. The zero-order chi connectivity index (χ0) is 20.0. The number of ether oxygens (including phenoxy) is 1. The van der Waals surface area contributed by atoms with E-state index in [1.54, 1.807) is 0 Å². The number of likely N-dealkylation sites (tertiary alicyclic amines) is 1. The SMILES string of the molecule is CCCCc1cc(OC2CCN(CCCS(C)(=O)=O)CC2)c2ncccc2c1. The smallest absolute Gasteiger partial charge is 0.147 e. The Morgan fingerprint density at radius 3 is 2.71 bits per heavy atom. The monoisotopic (exact) mass is 404 g/mol. The molecule has 6 heteroatoms. The van der Waals surface area contributed by atoms with Crippen molar-refractivity contribution in [2.24, 2.45) is 0 Å². The number of hydrogen-bond donors (Lipinski definition) is 0. The molecule has 0 spiro atoms. The molecule has 0 radical (unpaired) electrons. The number of rotatable bonds is 9. The van der Waals surface area contributed by atoms with Gasteiger partial charge in [0.15, 0.2) is 0 Å². The standard InChI is InChI=1S/C22H32N2O3S/c1-3-4-7-18-16-19-8-5-11-23-22(19)21(17-18)27-20-9-13-24(14-10-20)12-6-15-28(2,25)26/h5,8,11,16-17,20H,3-4,6-7,9-10,12-15H2,1-2H3. The predicted molar refractivity (Wildman–Crippen MR) is 115 cm³/mol. The minimum absolute atomic E-state index is 0.192. The quantitative estimate of drug-likeness (QED) is 0.635. The molecule has 2 heterocycles. The maximum atomic E-state index is 11.3. The van der Waals surface area contributed by atoms with Gasteiger partial charge in [0.1, 0.15) is 27.2 Å². The molecular weight excluding hydrogens is 372 g/mol. The Bertz CT molecular complexity index is 874. The van der Waals surface area contributed by atoms with E-state index in [1.165, 1.54) is 24.7 Å². The van der Waals surface area contributed by atoms with E-state index in [2.05, 4.69) is 35.0 Å². The number of aryl methyl sites for hydroxylation is 1. The van der Waals surface area contributed by atoms with E-state index in [4.69, 9.17) is 4.74 Å². The van der Waals surface area contributed by atoms with Crippen molar-refractivity contribution in [3.05, 3.63) is 36.0 Å². The number of sulfone groups is 1. The van der Waals surface area contributed by atoms with Gasteiger partial charge >= 0.3 is 0 Å². The molecule has 154 valence electrons. The zero-order valence-electron chi connectivity index (χ0n) is 17.1. The topological polar surface area (TPSA) is 59.5 Å². The molecule has 0 saturated carbocycles. The second-order valence-electron chi connectivity index (χ2n) is 7.91. The van der Waals surface area contributed by atoms with E-state index >= 15 is 0 Å². The first kappa shape index (κ1) is 21.1. The number of pyridine rings is 1. The van der Waals surface area contributed by atoms with Crippen LogP contribution >= 0.6 is 0 Å². The van der Waals surface area contributed by atoms with E-state index in [0.29, 0.717) is 6.42 Å². The minimum atomic E-state index is -2.87. The molecule has 0 amide bonds. The molecule has 3 rings (SSSR count). The molecule has 0 N–H and O–H groups in total. The van der Waals surface area contributed by atoms with E-state index in [1.807, 2.05) is 12.3 Å². The van der Waals surface area contributed by atoms with Crippen molar-refractivity contribution in [2.75, 3.05) is 31.6 Å². The first-order valence-corrected chi connectivity index (χ1v) is 12.4. The van der Waals surface area contributed by atoms with Crippen LogP contribution in [0, 0.1) is 0 Å². The van der Waals surface area contributed by atoms with Crippen LogP contribution in [0.5, 0.6) is 5.75 Å². The molecule has 28 heavy (non-hydrogen) atoms. The van der Waals surface area contributed by atoms with E-state index in [0.717, 1.165) is 55.5 Å². The first-order valence-electron chi connectivity index (χ1n) is 10.4. The number of aromatic nitrogens is 1. The summed E-state index contributed by atoms with van der Waals surface area (Å²) in [5, 5.41) is 1.14. The summed E-state index contributed by atoms with van der Waals surface area (Å²) in [6.45, 7) is 4.96. The summed E-state index contributed by atoms with van der Waals surface area (Å²) >= 11 is 0. The normalized spacial score (nSPS) is 16.5. The minimum Gasteiger partial charge on any atom is -0.488 e. The lowest BCUT2D eigenvalue weighted by molar-refractivity contribution is 0.102. The maximum Gasteiger partial charge on any atom is 0.147 e. The highest BCUT2D eigenvalue weighted by Crippen LogP contribution is 2.29. The molecule has 0 unspecified atom stereocenters. The fourth-order valence-corrected chi connectivity index (χ4v) is 4.47. The Morgan fingerprint density at radius 2 is 2.00 bits per heavy atom. The van der Waals surface area contributed by atoms with Gasteiger partial charge in [-0.25, -0.2) is 8.42 Å². The van der Waals surface area contributed by atoms with Crippen molar-refractivity contribution < 1.29 is 13.2 Å². The number of fused-ring (bicyclic) bond motifs is 1. The van der Waals surface area contributed by atoms with Crippen molar-refractivity contribution in [1.29, 1.82) is 0 Å². The van der Waals surface area contributed by atoms with Crippen LogP contribution in [-0.4, -0.2) is 56.0 Å². The van der Waals surface area contributed by atoms with Crippen LogP contribution in [0.15, 0.2) is 30.5 Å². The molecule has 2 aromatic rings. The fourth-order valence-electron chi connectivity index (χ4n) is 3.81. The summed E-state index contributed by atoms with van der Waals surface area (Å²) in [4.78, 5) is 6.90. The van der Waals surface area contributed by atoms with Crippen molar-refractivity contribution in [1.82, 2.24) is 9.88 Å². The van der Waals surface area contributed by atoms with Crippen molar-refractivity contribution in [3.8, 4) is 5.75 Å². The lowest BCUT2D eigenvalue weighted by Gasteiger charge is -2.32. The van der Waals surface area contributed by atoms with Gasteiger partial charge in [0.05, 0.1) is 5.75 Å². The maximum absolute atomic E-state index is 11.3. The average Bonchev–Trinajstić information content (AvgIpc) is 2.67. The van der Waals surface area contributed by atoms with Gasteiger partial charge in [0, 0.05) is 30.9 Å². The molecular formula is C22H32N2O3S. The largest absolute Gasteiger partial charge is 0.488 e. The molecule has 1 aliphatic rings. The summed E-state index contributed by atoms with van der Waals surface area (Å²) in [7, 11) is -2.87.